The van der Waals surface area contributed by atoms with E-state index in [1.165, 1.54) is 5.56 Å². The van der Waals surface area contributed by atoms with Gasteiger partial charge in [-0.05, 0) is 42.7 Å². The summed E-state index contributed by atoms with van der Waals surface area (Å²) in [7, 11) is 1.57. The van der Waals surface area contributed by atoms with Crippen molar-refractivity contribution in [3.63, 3.8) is 0 Å². The minimum Gasteiger partial charge on any atom is -0.495 e. The van der Waals surface area contributed by atoms with Gasteiger partial charge in [0.15, 0.2) is 0 Å². The zero-order chi connectivity index (χ0) is 18.9. The van der Waals surface area contributed by atoms with Crippen molar-refractivity contribution in [2.75, 3.05) is 24.3 Å². The topological polar surface area (TPSA) is 63.2 Å². The van der Waals surface area contributed by atoms with Crippen molar-refractivity contribution in [2.24, 2.45) is 0 Å². The second-order valence-corrected chi connectivity index (χ2v) is 6.10. The van der Waals surface area contributed by atoms with Crippen LogP contribution in [0.2, 0.25) is 0 Å². The van der Waals surface area contributed by atoms with E-state index in [1.807, 2.05) is 24.3 Å². The molecule has 27 heavy (non-hydrogen) atoms. The van der Waals surface area contributed by atoms with Crippen molar-refractivity contribution in [2.45, 2.75) is 12.8 Å². The van der Waals surface area contributed by atoms with Gasteiger partial charge in [-0.3, -0.25) is 9.78 Å². The van der Waals surface area contributed by atoms with Gasteiger partial charge in [0.2, 0.25) is 0 Å². The fourth-order valence-electron chi connectivity index (χ4n) is 2.77. The Balaban J connectivity index is 1.55. The smallest absolute Gasteiger partial charge is 0.274 e. The maximum absolute atomic E-state index is 12.5. The van der Waals surface area contributed by atoms with Crippen LogP contribution in [-0.2, 0) is 6.42 Å². The van der Waals surface area contributed by atoms with Crippen LogP contribution in [-0.4, -0.2) is 24.5 Å². The monoisotopic (exact) mass is 361 g/mol. The van der Waals surface area contributed by atoms with Crippen molar-refractivity contribution in [3.05, 3.63) is 84.2 Å². The van der Waals surface area contributed by atoms with Crippen LogP contribution in [0.1, 0.15) is 22.5 Å². The summed E-state index contributed by atoms with van der Waals surface area (Å²) in [5.74, 6) is 0.341. The molecule has 0 aliphatic carbocycles. The third-order valence-corrected chi connectivity index (χ3v) is 4.16. The average Bonchev–Trinajstić information content (AvgIpc) is 2.72. The number of anilines is 2. The SMILES string of the molecule is COc1ccccc1NC(=O)c1cc(NCCCc2ccccc2)ccn1. The van der Waals surface area contributed by atoms with Gasteiger partial charge in [-0.25, -0.2) is 0 Å². The number of carbonyl (C=O) groups is 1. The first-order valence-electron chi connectivity index (χ1n) is 8.94. The Morgan fingerprint density at radius 3 is 2.63 bits per heavy atom. The molecule has 0 saturated heterocycles. The van der Waals surface area contributed by atoms with Crippen molar-refractivity contribution in [1.29, 1.82) is 0 Å². The molecule has 0 aliphatic heterocycles. The first-order chi connectivity index (χ1) is 13.3. The molecule has 0 atom stereocenters. The summed E-state index contributed by atoms with van der Waals surface area (Å²) in [5.41, 5.74) is 3.18. The number of carbonyl (C=O) groups excluding carboxylic acids is 1. The lowest BCUT2D eigenvalue weighted by atomic mass is 10.1. The molecule has 0 bridgehead atoms. The van der Waals surface area contributed by atoms with E-state index in [4.69, 9.17) is 4.74 Å². The van der Waals surface area contributed by atoms with Crippen molar-refractivity contribution < 1.29 is 9.53 Å². The summed E-state index contributed by atoms with van der Waals surface area (Å²) in [6, 6.07) is 21.3. The minimum atomic E-state index is -0.271. The maximum Gasteiger partial charge on any atom is 0.274 e. The number of nitrogens with one attached hydrogen (secondary N) is 2. The van der Waals surface area contributed by atoms with Crippen LogP contribution in [0.15, 0.2) is 72.9 Å². The van der Waals surface area contributed by atoms with E-state index >= 15 is 0 Å². The number of aryl methyl sites for hydroxylation is 1. The molecule has 5 heteroatoms. The Morgan fingerprint density at radius 2 is 1.81 bits per heavy atom. The molecule has 5 nitrogen and oxygen atoms in total. The summed E-state index contributed by atoms with van der Waals surface area (Å²) in [5, 5.41) is 6.19. The Kier molecular flexibility index (Phi) is 6.41. The first kappa shape index (κ1) is 18.5. The van der Waals surface area contributed by atoms with Crippen LogP contribution in [0.3, 0.4) is 0 Å². The molecule has 1 amide bonds. The van der Waals surface area contributed by atoms with Crippen LogP contribution in [0.5, 0.6) is 5.75 Å². The summed E-state index contributed by atoms with van der Waals surface area (Å²) < 4.78 is 5.26. The lowest BCUT2D eigenvalue weighted by Crippen LogP contribution is -2.15. The van der Waals surface area contributed by atoms with Gasteiger partial charge >= 0.3 is 0 Å². The highest BCUT2D eigenvalue weighted by atomic mass is 16.5. The van der Waals surface area contributed by atoms with Gasteiger partial charge < -0.3 is 15.4 Å². The molecule has 2 aromatic carbocycles. The molecule has 0 aliphatic rings. The van der Waals surface area contributed by atoms with Crippen LogP contribution in [0.4, 0.5) is 11.4 Å². The number of aromatic nitrogens is 1. The fourth-order valence-corrected chi connectivity index (χ4v) is 2.77. The van der Waals surface area contributed by atoms with Crippen molar-refractivity contribution >= 4 is 17.3 Å². The molecule has 138 valence electrons. The van der Waals surface area contributed by atoms with E-state index in [9.17, 15) is 4.79 Å². The van der Waals surface area contributed by atoms with E-state index < -0.39 is 0 Å². The lowest BCUT2D eigenvalue weighted by Gasteiger charge is -2.11. The fraction of sp³-hybridized carbons (Fsp3) is 0.182. The second kappa shape index (κ2) is 9.38. The van der Waals surface area contributed by atoms with E-state index in [1.54, 1.807) is 31.5 Å². The van der Waals surface area contributed by atoms with Crippen molar-refractivity contribution in [1.82, 2.24) is 4.98 Å². The first-order valence-corrected chi connectivity index (χ1v) is 8.94. The maximum atomic E-state index is 12.5. The van der Waals surface area contributed by atoms with Crippen LogP contribution in [0, 0.1) is 0 Å². The number of amides is 1. The van der Waals surface area contributed by atoms with Gasteiger partial charge in [-0.15, -0.1) is 0 Å². The molecule has 0 spiro atoms. The minimum absolute atomic E-state index is 0.271. The Bertz CT molecular complexity index is 881. The molecular formula is C22H23N3O2. The third-order valence-electron chi connectivity index (χ3n) is 4.16. The van der Waals surface area contributed by atoms with E-state index in [2.05, 4.69) is 39.9 Å². The molecule has 1 aromatic heterocycles. The van der Waals surface area contributed by atoms with E-state index in [0.717, 1.165) is 25.1 Å². The van der Waals surface area contributed by atoms with Gasteiger partial charge in [-0.1, -0.05) is 42.5 Å². The molecule has 0 radical (unpaired) electrons. The predicted molar refractivity (Wildman–Crippen MR) is 108 cm³/mol. The largest absolute Gasteiger partial charge is 0.495 e. The quantitative estimate of drug-likeness (QED) is 0.584. The van der Waals surface area contributed by atoms with Crippen LogP contribution >= 0.6 is 0 Å². The normalized spacial score (nSPS) is 10.3. The van der Waals surface area contributed by atoms with Gasteiger partial charge in [0, 0.05) is 18.4 Å². The number of pyridine rings is 1. The highest BCUT2D eigenvalue weighted by Crippen LogP contribution is 2.23. The number of methoxy groups -OCH3 is 1. The molecular weight excluding hydrogens is 338 g/mol. The van der Waals surface area contributed by atoms with Gasteiger partial charge in [-0.2, -0.15) is 0 Å². The molecule has 2 N–H and O–H groups in total. The standard InChI is InChI=1S/C22H23N3O2/c1-27-21-12-6-5-11-19(21)25-22(26)20-16-18(13-15-24-20)23-14-7-10-17-8-3-2-4-9-17/h2-6,8-9,11-13,15-16H,7,10,14H2,1H3,(H,23,24)(H,25,26). The Labute approximate surface area is 159 Å². The summed E-state index contributed by atoms with van der Waals surface area (Å²) in [6.07, 6.45) is 3.66. The number of nitrogens with zero attached hydrogens (tertiary/aromatic N) is 1. The number of hydrogen-bond acceptors (Lipinski definition) is 4. The van der Waals surface area contributed by atoms with Gasteiger partial charge in [0.25, 0.3) is 5.91 Å². The van der Waals surface area contributed by atoms with Crippen molar-refractivity contribution in [3.8, 4) is 5.75 Å². The highest BCUT2D eigenvalue weighted by molar-refractivity contribution is 6.04. The average molecular weight is 361 g/mol. The zero-order valence-corrected chi connectivity index (χ0v) is 15.3. The summed E-state index contributed by atoms with van der Waals surface area (Å²) >= 11 is 0. The number of rotatable bonds is 8. The third kappa shape index (κ3) is 5.31. The number of benzene rings is 2. The molecule has 0 unspecified atom stereocenters. The highest BCUT2D eigenvalue weighted by Gasteiger charge is 2.11. The van der Waals surface area contributed by atoms with Crippen LogP contribution < -0.4 is 15.4 Å². The molecule has 1 heterocycles. The lowest BCUT2D eigenvalue weighted by molar-refractivity contribution is 0.102. The summed E-state index contributed by atoms with van der Waals surface area (Å²) in [6.45, 7) is 0.826. The number of ether oxygens (including phenoxy) is 1. The Hall–Kier alpha value is -3.34. The van der Waals surface area contributed by atoms with Gasteiger partial charge in [0.1, 0.15) is 11.4 Å². The zero-order valence-electron chi connectivity index (χ0n) is 15.3. The molecule has 3 rings (SSSR count). The van der Waals surface area contributed by atoms with E-state index in [-0.39, 0.29) is 5.91 Å². The Morgan fingerprint density at radius 1 is 1.04 bits per heavy atom. The number of hydrogen-bond donors (Lipinski definition) is 2. The van der Waals surface area contributed by atoms with E-state index in [0.29, 0.717) is 17.1 Å². The predicted octanol–water partition coefficient (Wildman–Crippen LogP) is 4.39. The van der Waals surface area contributed by atoms with Crippen LogP contribution in [0.25, 0.3) is 0 Å². The summed E-state index contributed by atoms with van der Waals surface area (Å²) in [4.78, 5) is 16.7. The molecule has 0 fully saturated rings. The number of para-hydroxylation sites is 2. The van der Waals surface area contributed by atoms with Gasteiger partial charge in [0.05, 0.1) is 12.8 Å². The second-order valence-electron chi connectivity index (χ2n) is 6.10. The molecule has 3 aromatic rings. The molecule has 0 saturated carbocycles.